The number of carbonyl (C=O) groups is 1. The van der Waals surface area contributed by atoms with E-state index in [0.29, 0.717) is 11.2 Å². The molecule has 3 aliphatic rings. The van der Waals surface area contributed by atoms with Gasteiger partial charge in [0.05, 0.1) is 6.26 Å². The van der Waals surface area contributed by atoms with E-state index in [1.165, 1.54) is 71.4 Å². The van der Waals surface area contributed by atoms with Crippen molar-refractivity contribution >= 4 is 5.91 Å². The smallest absolute Gasteiger partial charge is 0.289 e. The Morgan fingerprint density at radius 2 is 1.68 bits per heavy atom. The average Bonchev–Trinajstić information content (AvgIpc) is 3.35. The van der Waals surface area contributed by atoms with Crippen LogP contribution in [0.3, 0.4) is 0 Å². The van der Waals surface area contributed by atoms with Gasteiger partial charge in [-0.2, -0.15) is 0 Å². The quantitative estimate of drug-likeness (QED) is 0.841. The largest absolute Gasteiger partial charge is 0.459 e. The summed E-state index contributed by atoms with van der Waals surface area (Å²) < 4.78 is 5.32. The summed E-state index contributed by atoms with van der Waals surface area (Å²) in [5.41, 5.74) is 0.338. The molecule has 0 radical (unpaired) electrons. The van der Waals surface area contributed by atoms with Gasteiger partial charge in [-0.15, -0.1) is 0 Å². The number of likely N-dealkylation sites (tertiary alicyclic amines) is 3. The van der Waals surface area contributed by atoms with Crippen molar-refractivity contribution in [3.05, 3.63) is 24.2 Å². The summed E-state index contributed by atoms with van der Waals surface area (Å²) in [6, 6.07) is 3.58. The van der Waals surface area contributed by atoms with Crippen LogP contribution in [0.5, 0.6) is 0 Å². The Kier molecular flexibility index (Phi) is 5.13. The lowest BCUT2D eigenvalue weighted by atomic mass is 9.72. The van der Waals surface area contributed by atoms with Crippen molar-refractivity contribution in [1.29, 1.82) is 0 Å². The fourth-order valence-electron chi connectivity index (χ4n) is 4.89. The zero-order valence-electron chi connectivity index (χ0n) is 15.3. The van der Waals surface area contributed by atoms with Crippen molar-refractivity contribution in [2.75, 3.05) is 52.4 Å². The highest BCUT2D eigenvalue weighted by Gasteiger charge is 2.40. The maximum atomic E-state index is 12.6. The molecule has 0 unspecified atom stereocenters. The molecule has 0 N–H and O–H groups in total. The van der Waals surface area contributed by atoms with Crippen LogP contribution in [0.1, 0.15) is 49.1 Å². The Bertz CT molecular complexity index is 558. The molecule has 4 rings (SSSR count). The van der Waals surface area contributed by atoms with Crippen molar-refractivity contribution < 1.29 is 9.21 Å². The Morgan fingerprint density at radius 1 is 0.960 bits per heavy atom. The molecule has 5 heteroatoms. The molecule has 138 valence electrons. The molecule has 3 fully saturated rings. The summed E-state index contributed by atoms with van der Waals surface area (Å²) in [4.78, 5) is 19.9. The first kappa shape index (κ1) is 17.1. The average molecular weight is 345 g/mol. The predicted molar refractivity (Wildman–Crippen MR) is 97.6 cm³/mol. The van der Waals surface area contributed by atoms with Crippen LogP contribution in [0.25, 0.3) is 0 Å². The Hall–Kier alpha value is -1.33. The summed E-state index contributed by atoms with van der Waals surface area (Å²) in [5.74, 6) is 0.556. The zero-order chi connectivity index (χ0) is 17.1. The van der Waals surface area contributed by atoms with E-state index >= 15 is 0 Å². The molecule has 3 saturated heterocycles. The predicted octanol–water partition coefficient (Wildman–Crippen LogP) is 2.69. The first-order chi connectivity index (χ1) is 12.2. The molecule has 1 amide bonds. The molecule has 0 atom stereocenters. The van der Waals surface area contributed by atoms with Crippen molar-refractivity contribution in [3.8, 4) is 0 Å². The topological polar surface area (TPSA) is 39.9 Å². The van der Waals surface area contributed by atoms with Gasteiger partial charge in [0.15, 0.2) is 5.76 Å². The molecular weight excluding hydrogens is 314 g/mol. The molecule has 1 spiro atoms. The van der Waals surface area contributed by atoms with E-state index in [1.54, 1.807) is 18.4 Å². The van der Waals surface area contributed by atoms with E-state index in [2.05, 4.69) is 9.80 Å². The number of piperidine rings is 2. The van der Waals surface area contributed by atoms with Crippen LogP contribution in [-0.4, -0.2) is 73.0 Å². The van der Waals surface area contributed by atoms with E-state index < -0.39 is 0 Å². The van der Waals surface area contributed by atoms with Gasteiger partial charge in [0, 0.05) is 26.2 Å². The molecule has 25 heavy (non-hydrogen) atoms. The van der Waals surface area contributed by atoms with Gasteiger partial charge in [-0.05, 0) is 82.3 Å². The van der Waals surface area contributed by atoms with Gasteiger partial charge < -0.3 is 19.1 Å². The van der Waals surface area contributed by atoms with Gasteiger partial charge >= 0.3 is 0 Å². The lowest BCUT2D eigenvalue weighted by Gasteiger charge is -2.47. The number of hydrogen-bond donors (Lipinski definition) is 0. The van der Waals surface area contributed by atoms with Crippen LogP contribution in [0, 0.1) is 5.41 Å². The zero-order valence-corrected chi connectivity index (χ0v) is 15.3. The molecule has 3 aliphatic heterocycles. The number of nitrogens with zero attached hydrogens (tertiary/aromatic N) is 3. The first-order valence-corrected chi connectivity index (χ1v) is 10.0. The maximum absolute atomic E-state index is 12.6. The van der Waals surface area contributed by atoms with Crippen LogP contribution in [0.2, 0.25) is 0 Å². The lowest BCUT2D eigenvalue weighted by Crippen LogP contribution is -2.51. The lowest BCUT2D eigenvalue weighted by molar-refractivity contribution is 0.0184. The van der Waals surface area contributed by atoms with Crippen LogP contribution in [0.15, 0.2) is 22.8 Å². The summed E-state index contributed by atoms with van der Waals surface area (Å²) in [6.07, 6.45) is 9.20. The summed E-state index contributed by atoms with van der Waals surface area (Å²) in [5, 5.41) is 0. The van der Waals surface area contributed by atoms with Crippen molar-refractivity contribution in [3.63, 3.8) is 0 Å². The highest BCUT2D eigenvalue weighted by molar-refractivity contribution is 5.91. The number of carbonyl (C=O) groups excluding carboxylic acids is 1. The molecule has 1 aromatic heterocycles. The number of amides is 1. The van der Waals surface area contributed by atoms with Crippen LogP contribution >= 0.6 is 0 Å². The van der Waals surface area contributed by atoms with E-state index in [1.807, 2.05) is 4.90 Å². The summed E-state index contributed by atoms with van der Waals surface area (Å²) in [7, 11) is 0. The minimum absolute atomic E-state index is 0.0699. The van der Waals surface area contributed by atoms with Gasteiger partial charge in [-0.3, -0.25) is 4.79 Å². The second kappa shape index (κ2) is 7.50. The molecule has 1 aromatic rings. The fraction of sp³-hybridized carbons (Fsp3) is 0.750. The third-order valence-corrected chi connectivity index (χ3v) is 6.53. The minimum atomic E-state index is 0.0699. The Labute approximate surface area is 150 Å². The number of hydrogen-bond acceptors (Lipinski definition) is 4. The molecule has 0 aliphatic carbocycles. The summed E-state index contributed by atoms with van der Waals surface area (Å²) >= 11 is 0. The third-order valence-electron chi connectivity index (χ3n) is 6.53. The molecule has 5 nitrogen and oxygen atoms in total. The fourth-order valence-corrected chi connectivity index (χ4v) is 4.89. The van der Waals surface area contributed by atoms with E-state index in [9.17, 15) is 4.79 Å². The highest BCUT2D eigenvalue weighted by atomic mass is 16.3. The standard InChI is InChI=1S/C20H31N3O2/c24-19(18-5-3-16-25-18)23-11-4-6-20(17-23)7-12-22(13-8-20)15-14-21-9-1-2-10-21/h3,5,16H,1-2,4,6-15,17H2. The Balaban J connectivity index is 1.28. The van der Waals surface area contributed by atoms with Crippen LogP contribution < -0.4 is 0 Å². The normalized spacial score (nSPS) is 24.9. The van der Waals surface area contributed by atoms with E-state index in [-0.39, 0.29) is 5.91 Å². The highest BCUT2D eigenvalue weighted by Crippen LogP contribution is 2.40. The molecule has 4 heterocycles. The van der Waals surface area contributed by atoms with E-state index in [4.69, 9.17) is 4.42 Å². The number of rotatable bonds is 4. The maximum Gasteiger partial charge on any atom is 0.289 e. The van der Waals surface area contributed by atoms with Crippen LogP contribution in [0.4, 0.5) is 0 Å². The molecule has 0 saturated carbocycles. The van der Waals surface area contributed by atoms with Crippen LogP contribution in [-0.2, 0) is 0 Å². The Morgan fingerprint density at radius 3 is 2.36 bits per heavy atom. The minimum Gasteiger partial charge on any atom is -0.459 e. The molecular formula is C20H31N3O2. The van der Waals surface area contributed by atoms with Crippen molar-refractivity contribution in [2.45, 2.75) is 38.5 Å². The van der Waals surface area contributed by atoms with Gasteiger partial charge in [0.2, 0.25) is 0 Å². The first-order valence-electron chi connectivity index (χ1n) is 10.0. The van der Waals surface area contributed by atoms with Gasteiger partial charge in [-0.25, -0.2) is 0 Å². The number of furan rings is 1. The third kappa shape index (κ3) is 3.93. The second-order valence-electron chi connectivity index (χ2n) is 8.20. The second-order valence-corrected chi connectivity index (χ2v) is 8.20. The van der Waals surface area contributed by atoms with Crippen molar-refractivity contribution in [2.24, 2.45) is 5.41 Å². The van der Waals surface area contributed by atoms with Gasteiger partial charge in [0.25, 0.3) is 5.91 Å². The van der Waals surface area contributed by atoms with E-state index in [0.717, 1.165) is 19.5 Å². The van der Waals surface area contributed by atoms with Gasteiger partial charge in [-0.1, -0.05) is 0 Å². The SMILES string of the molecule is O=C(c1ccco1)N1CCCC2(CCN(CCN3CCCC3)CC2)C1. The molecule has 0 bridgehead atoms. The van der Waals surface area contributed by atoms with Crippen molar-refractivity contribution in [1.82, 2.24) is 14.7 Å². The summed E-state index contributed by atoms with van der Waals surface area (Å²) in [6.45, 7) is 9.20. The van der Waals surface area contributed by atoms with Gasteiger partial charge in [0.1, 0.15) is 0 Å². The monoisotopic (exact) mass is 345 g/mol. The molecule has 0 aromatic carbocycles.